The SMILES string of the molecule is CCCCn1cnc2c(Cl)nc(N(CCCO[Si](C)(C)C(C)(C)C)C(=O)OC(C)(C)C)nc21. The van der Waals surface area contributed by atoms with Gasteiger partial charge in [-0.15, -0.1) is 0 Å². The van der Waals surface area contributed by atoms with E-state index in [1.807, 2.05) is 25.3 Å². The zero-order chi connectivity index (χ0) is 25.0. The second-order valence-corrected chi connectivity index (χ2v) is 16.0. The number of hydrogen-bond acceptors (Lipinski definition) is 6. The molecule has 0 aliphatic carbocycles. The quantitative estimate of drug-likeness (QED) is 0.225. The number of unbranched alkanes of at least 4 members (excludes halogenated alkanes) is 1. The first-order valence-electron chi connectivity index (χ1n) is 11.7. The molecule has 0 fully saturated rings. The van der Waals surface area contributed by atoms with E-state index in [-0.39, 0.29) is 16.1 Å². The molecule has 0 aromatic carbocycles. The van der Waals surface area contributed by atoms with Crippen LogP contribution < -0.4 is 4.90 Å². The lowest BCUT2D eigenvalue weighted by Gasteiger charge is -2.36. The highest BCUT2D eigenvalue weighted by Crippen LogP contribution is 2.36. The van der Waals surface area contributed by atoms with Crippen LogP contribution in [0.15, 0.2) is 6.33 Å². The van der Waals surface area contributed by atoms with E-state index in [4.69, 9.17) is 20.8 Å². The second kappa shape index (κ2) is 10.7. The standard InChI is InChI=1S/C23H40ClN5O3Si/c1-10-11-13-28-16-25-17-18(24)26-20(27-19(17)28)29(21(30)32-22(2,3)4)14-12-15-31-33(8,9)23(5,6)7/h16H,10-15H2,1-9H3. The van der Waals surface area contributed by atoms with E-state index in [0.717, 1.165) is 19.4 Å². The molecule has 1 amide bonds. The van der Waals surface area contributed by atoms with Crippen LogP contribution in [0.3, 0.4) is 0 Å². The van der Waals surface area contributed by atoms with Crippen molar-refractivity contribution in [3.05, 3.63) is 11.5 Å². The Morgan fingerprint density at radius 1 is 1.15 bits per heavy atom. The van der Waals surface area contributed by atoms with Gasteiger partial charge in [-0.05, 0) is 51.7 Å². The molecule has 186 valence electrons. The normalized spacial score (nSPS) is 12.9. The van der Waals surface area contributed by atoms with Gasteiger partial charge in [-0.3, -0.25) is 0 Å². The van der Waals surface area contributed by atoms with Crippen LogP contribution in [-0.2, 0) is 15.7 Å². The van der Waals surface area contributed by atoms with Crippen LogP contribution in [-0.4, -0.2) is 52.7 Å². The van der Waals surface area contributed by atoms with Gasteiger partial charge in [0.1, 0.15) is 11.1 Å². The smallest absolute Gasteiger partial charge is 0.417 e. The largest absolute Gasteiger partial charge is 0.443 e. The van der Waals surface area contributed by atoms with Crippen LogP contribution in [0.5, 0.6) is 0 Å². The maximum Gasteiger partial charge on any atom is 0.417 e. The van der Waals surface area contributed by atoms with E-state index in [1.54, 1.807) is 6.33 Å². The number of imidazole rings is 1. The molecule has 0 aliphatic rings. The first kappa shape index (κ1) is 27.5. The summed E-state index contributed by atoms with van der Waals surface area (Å²) in [5, 5.41) is 0.340. The van der Waals surface area contributed by atoms with Gasteiger partial charge in [0.15, 0.2) is 19.1 Å². The topological polar surface area (TPSA) is 82.4 Å². The molecule has 2 aromatic heterocycles. The van der Waals surface area contributed by atoms with Crippen molar-refractivity contribution in [1.82, 2.24) is 19.5 Å². The minimum absolute atomic E-state index is 0.121. The average Bonchev–Trinajstić information content (AvgIpc) is 3.07. The lowest BCUT2D eigenvalue weighted by atomic mass is 10.2. The number of aromatic nitrogens is 4. The molecule has 0 atom stereocenters. The summed E-state index contributed by atoms with van der Waals surface area (Å²) >= 11 is 6.44. The van der Waals surface area contributed by atoms with E-state index in [9.17, 15) is 4.79 Å². The number of halogens is 1. The van der Waals surface area contributed by atoms with Crippen molar-refractivity contribution >= 4 is 43.1 Å². The van der Waals surface area contributed by atoms with Crippen molar-refractivity contribution in [2.75, 3.05) is 18.1 Å². The van der Waals surface area contributed by atoms with Gasteiger partial charge in [-0.2, -0.15) is 9.97 Å². The summed E-state index contributed by atoms with van der Waals surface area (Å²) in [4.78, 5) is 27.9. The average molecular weight is 498 g/mol. The van der Waals surface area contributed by atoms with Crippen LogP contribution in [0.1, 0.15) is 67.7 Å². The summed E-state index contributed by atoms with van der Waals surface area (Å²) < 4.78 is 13.9. The molecule has 33 heavy (non-hydrogen) atoms. The molecule has 10 heteroatoms. The molecular weight excluding hydrogens is 458 g/mol. The zero-order valence-corrected chi connectivity index (χ0v) is 23.4. The summed E-state index contributed by atoms with van der Waals surface area (Å²) in [6, 6.07) is 0. The molecular formula is C23H40ClN5O3Si. The molecule has 0 unspecified atom stereocenters. The summed E-state index contributed by atoms with van der Waals surface area (Å²) in [7, 11) is -1.88. The van der Waals surface area contributed by atoms with Gasteiger partial charge < -0.3 is 13.7 Å². The van der Waals surface area contributed by atoms with Gasteiger partial charge in [0.05, 0.1) is 6.33 Å². The van der Waals surface area contributed by atoms with Crippen molar-refractivity contribution in [2.24, 2.45) is 0 Å². The molecule has 2 rings (SSSR count). The van der Waals surface area contributed by atoms with Crippen molar-refractivity contribution in [3.63, 3.8) is 0 Å². The zero-order valence-electron chi connectivity index (χ0n) is 21.7. The number of carbonyl (C=O) groups is 1. The highest BCUT2D eigenvalue weighted by atomic mass is 35.5. The second-order valence-electron chi connectivity index (χ2n) is 10.9. The molecule has 0 spiro atoms. The Kier molecular flexibility index (Phi) is 8.92. The van der Waals surface area contributed by atoms with Crippen molar-refractivity contribution in [1.29, 1.82) is 0 Å². The number of rotatable bonds is 9. The molecule has 8 nitrogen and oxygen atoms in total. The predicted octanol–water partition coefficient (Wildman–Crippen LogP) is 6.43. The van der Waals surface area contributed by atoms with Crippen LogP contribution in [0, 0.1) is 0 Å². The summed E-state index contributed by atoms with van der Waals surface area (Å²) in [5.74, 6) is 0.215. The van der Waals surface area contributed by atoms with Crippen molar-refractivity contribution in [3.8, 4) is 0 Å². The third-order valence-corrected chi connectivity index (χ3v) is 10.6. The number of amides is 1. The van der Waals surface area contributed by atoms with E-state index in [0.29, 0.717) is 30.7 Å². The fourth-order valence-corrected chi connectivity index (χ4v) is 4.16. The molecule has 0 bridgehead atoms. The van der Waals surface area contributed by atoms with Gasteiger partial charge in [-0.25, -0.2) is 14.7 Å². The third kappa shape index (κ3) is 7.38. The molecule has 2 heterocycles. The van der Waals surface area contributed by atoms with Crippen molar-refractivity contribution in [2.45, 2.75) is 98.0 Å². The van der Waals surface area contributed by atoms with E-state index in [2.05, 4.69) is 55.7 Å². The number of anilines is 1. The highest BCUT2D eigenvalue weighted by molar-refractivity contribution is 6.74. The van der Waals surface area contributed by atoms with Gasteiger partial charge in [-0.1, -0.05) is 45.7 Å². The molecule has 0 N–H and O–H groups in total. The van der Waals surface area contributed by atoms with Gasteiger partial charge in [0.25, 0.3) is 0 Å². The first-order valence-corrected chi connectivity index (χ1v) is 15.0. The van der Waals surface area contributed by atoms with Gasteiger partial charge in [0.2, 0.25) is 5.95 Å². The van der Waals surface area contributed by atoms with Crippen molar-refractivity contribution < 1.29 is 14.0 Å². The fraction of sp³-hybridized carbons (Fsp3) is 0.739. The Morgan fingerprint density at radius 3 is 2.39 bits per heavy atom. The summed E-state index contributed by atoms with van der Waals surface area (Å²) in [5.41, 5.74) is 0.496. The number of ether oxygens (including phenoxy) is 1. The van der Waals surface area contributed by atoms with E-state index >= 15 is 0 Å². The first-order chi connectivity index (χ1) is 15.2. The Labute approximate surface area is 204 Å². The molecule has 0 saturated carbocycles. The number of carbonyl (C=O) groups excluding carboxylic acids is 1. The van der Waals surface area contributed by atoms with Crippen LogP contribution in [0.2, 0.25) is 23.3 Å². The lowest BCUT2D eigenvalue weighted by molar-refractivity contribution is 0.0576. The highest BCUT2D eigenvalue weighted by Gasteiger charge is 2.37. The van der Waals surface area contributed by atoms with Crippen LogP contribution >= 0.6 is 11.6 Å². The Hall–Kier alpha value is -1.71. The maximum atomic E-state index is 13.1. The number of aryl methyl sites for hydroxylation is 1. The van der Waals surface area contributed by atoms with E-state index < -0.39 is 20.0 Å². The lowest BCUT2D eigenvalue weighted by Crippen LogP contribution is -2.42. The number of hydrogen-bond donors (Lipinski definition) is 0. The third-order valence-electron chi connectivity index (χ3n) is 5.81. The fourth-order valence-electron chi connectivity index (χ4n) is 2.87. The Morgan fingerprint density at radius 2 is 1.82 bits per heavy atom. The maximum absolute atomic E-state index is 13.1. The van der Waals surface area contributed by atoms with Gasteiger partial charge in [0, 0.05) is 19.7 Å². The number of nitrogens with zero attached hydrogens (tertiary/aromatic N) is 5. The monoisotopic (exact) mass is 497 g/mol. The summed E-state index contributed by atoms with van der Waals surface area (Å²) in [6.45, 7) is 20.3. The Balaban J connectivity index is 2.30. The minimum atomic E-state index is -1.88. The number of fused-ring (bicyclic) bond motifs is 1. The Bertz CT molecular complexity index is 950. The molecule has 0 aliphatic heterocycles. The molecule has 0 radical (unpaired) electrons. The van der Waals surface area contributed by atoms with Crippen LogP contribution in [0.25, 0.3) is 11.2 Å². The molecule has 2 aromatic rings. The van der Waals surface area contributed by atoms with E-state index in [1.165, 1.54) is 4.90 Å². The minimum Gasteiger partial charge on any atom is -0.443 e. The summed E-state index contributed by atoms with van der Waals surface area (Å²) in [6.07, 6.45) is 3.87. The predicted molar refractivity (Wildman–Crippen MR) is 137 cm³/mol. The molecule has 0 saturated heterocycles. The van der Waals surface area contributed by atoms with Crippen LogP contribution in [0.4, 0.5) is 10.7 Å². The van der Waals surface area contributed by atoms with Gasteiger partial charge >= 0.3 is 6.09 Å².